The highest BCUT2D eigenvalue weighted by atomic mass is 19.1. The summed E-state index contributed by atoms with van der Waals surface area (Å²) in [7, 11) is 0. The molecule has 1 atom stereocenters. The largest absolute Gasteiger partial charge is 0.376 e. The van der Waals surface area contributed by atoms with E-state index in [0.717, 1.165) is 30.6 Å². The Morgan fingerprint density at radius 3 is 2.79 bits per heavy atom. The van der Waals surface area contributed by atoms with Crippen LogP contribution in [0.5, 0.6) is 0 Å². The minimum Gasteiger partial charge on any atom is -0.376 e. The molecule has 1 aliphatic heterocycles. The molecule has 2 aromatic rings. The van der Waals surface area contributed by atoms with Crippen molar-refractivity contribution >= 4 is 5.91 Å². The zero-order chi connectivity index (χ0) is 16.9. The lowest BCUT2D eigenvalue weighted by Crippen LogP contribution is -2.37. The Balaban J connectivity index is 1.81. The number of amides is 1. The van der Waals surface area contributed by atoms with Crippen molar-refractivity contribution in [3.05, 3.63) is 65.2 Å². The van der Waals surface area contributed by atoms with Crippen LogP contribution in [0.15, 0.2) is 42.7 Å². The normalized spacial score (nSPS) is 17.0. The first-order valence-electron chi connectivity index (χ1n) is 8.19. The van der Waals surface area contributed by atoms with Crippen LogP contribution in [0.25, 0.3) is 0 Å². The van der Waals surface area contributed by atoms with Crippen molar-refractivity contribution in [1.29, 1.82) is 0 Å². The first-order chi connectivity index (χ1) is 11.6. The summed E-state index contributed by atoms with van der Waals surface area (Å²) in [5, 5.41) is 0. The Kier molecular flexibility index (Phi) is 5.20. The van der Waals surface area contributed by atoms with E-state index in [9.17, 15) is 9.18 Å². The third-order valence-corrected chi connectivity index (χ3v) is 4.29. The highest BCUT2D eigenvalue weighted by molar-refractivity contribution is 5.95. The predicted octanol–water partition coefficient (Wildman–Crippen LogP) is 3.35. The van der Waals surface area contributed by atoms with Crippen molar-refractivity contribution in [3.63, 3.8) is 0 Å². The maximum absolute atomic E-state index is 13.1. The van der Waals surface area contributed by atoms with Crippen molar-refractivity contribution in [3.8, 4) is 0 Å². The van der Waals surface area contributed by atoms with E-state index in [2.05, 4.69) is 4.98 Å². The molecule has 1 saturated heterocycles. The first-order valence-corrected chi connectivity index (χ1v) is 8.19. The van der Waals surface area contributed by atoms with Crippen LogP contribution in [-0.2, 0) is 11.3 Å². The molecule has 3 rings (SSSR count). The number of halogens is 1. The second-order valence-corrected chi connectivity index (χ2v) is 6.14. The zero-order valence-corrected chi connectivity index (χ0v) is 13.7. The van der Waals surface area contributed by atoms with Gasteiger partial charge >= 0.3 is 0 Å². The first kappa shape index (κ1) is 16.6. The van der Waals surface area contributed by atoms with E-state index < -0.39 is 0 Å². The molecule has 1 aliphatic rings. The highest BCUT2D eigenvalue weighted by Gasteiger charge is 2.24. The summed E-state index contributed by atoms with van der Waals surface area (Å²) in [6.07, 6.45) is 5.32. The van der Waals surface area contributed by atoms with Gasteiger partial charge in [-0.25, -0.2) is 4.39 Å². The number of rotatable bonds is 5. The molecule has 1 aromatic carbocycles. The van der Waals surface area contributed by atoms with Gasteiger partial charge in [0.05, 0.1) is 11.7 Å². The molecule has 126 valence electrons. The van der Waals surface area contributed by atoms with Gasteiger partial charge in [0.1, 0.15) is 5.82 Å². The zero-order valence-electron chi connectivity index (χ0n) is 13.7. The van der Waals surface area contributed by atoms with Gasteiger partial charge in [-0.1, -0.05) is 12.1 Å². The molecule has 4 nitrogen and oxygen atoms in total. The van der Waals surface area contributed by atoms with Crippen molar-refractivity contribution in [1.82, 2.24) is 9.88 Å². The van der Waals surface area contributed by atoms with E-state index in [0.29, 0.717) is 18.7 Å². The topological polar surface area (TPSA) is 42.4 Å². The average molecular weight is 328 g/mol. The SMILES string of the molecule is Cc1ccncc1C(=O)N(Cc1ccc(F)cc1)C[C@H]1CCCO1. The lowest BCUT2D eigenvalue weighted by Gasteiger charge is -2.26. The molecule has 0 spiro atoms. The highest BCUT2D eigenvalue weighted by Crippen LogP contribution is 2.18. The number of pyridine rings is 1. The third kappa shape index (κ3) is 3.97. The smallest absolute Gasteiger partial charge is 0.256 e. The summed E-state index contributed by atoms with van der Waals surface area (Å²) in [5.74, 6) is -0.348. The molecule has 0 unspecified atom stereocenters. The number of aryl methyl sites for hydroxylation is 1. The Labute approximate surface area is 141 Å². The summed E-state index contributed by atoms with van der Waals surface area (Å²) in [5.41, 5.74) is 2.38. The van der Waals surface area contributed by atoms with Gasteiger partial charge in [-0.05, 0) is 49.1 Å². The monoisotopic (exact) mass is 328 g/mol. The maximum Gasteiger partial charge on any atom is 0.256 e. The van der Waals surface area contributed by atoms with Gasteiger partial charge in [-0.3, -0.25) is 9.78 Å². The molecule has 0 saturated carbocycles. The molecule has 0 radical (unpaired) electrons. The number of aromatic nitrogens is 1. The quantitative estimate of drug-likeness (QED) is 0.845. The summed E-state index contributed by atoms with van der Waals surface area (Å²) in [6.45, 7) is 3.60. The van der Waals surface area contributed by atoms with Crippen molar-refractivity contribution in [2.24, 2.45) is 0 Å². The summed E-state index contributed by atoms with van der Waals surface area (Å²) in [6, 6.07) is 8.08. The second kappa shape index (κ2) is 7.53. The lowest BCUT2D eigenvalue weighted by molar-refractivity contribution is 0.0506. The minimum absolute atomic E-state index is 0.0615. The van der Waals surface area contributed by atoms with Crippen LogP contribution in [0.2, 0.25) is 0 Å². The van der Waals surface area contributed by atoms with Crippen LogP contribution < -0.4 is 0 Å². The summed E-state index contributed by atoms with van der Waals surface area (Å²) < 4.78 is 18.8. The molecule has 24 heavy (non-hydrogen) atoms. The van der Waals surface area contributed by atoms with Crippen LogP contribution in [0, 0.1) is 12.7 Å². The summed E-state index contributed by atoms with van der Waals surface area (Å²) in [4.78, 5) is 18.8. The van der Waals surface area contributed by atoms with E-state index in [-0.39, 0.29) is 17.8 Å². The van der Waals surface area contributed by atoms with Crippen LogP contribution in [-0.4, -0.2) is 35.0 Å². The molecule has 1 fully saturated rings. The van der Waals surface area contributed by atoms with Gasteiger partial charge in [-0.2, -0.15) is 0 Å². The fourth-order valence-corrected chi connectivity index (χ4v) is 2.92. The number of benzene rings is 1. The van der Waals surface area contributed by atoms with Crippen LogP contribution >= 0.6 is 0 Å². The number of carbonyl (C=O) groups excluding carboxylic acids is 1. The minimum atomic E-state index is -0.279. The third-order valence-electron chi connectivity index (χ3n) is 4.29. The maximum atomic E-state index is 13.1. The molecular formula is C19H21FN2O2. The Morgan fingerprint density at radius 2 is 2.12 bits per heavy atom. The molecular weight excluding hydrogens is 307 g/mol. The molecule has 1 aromatic heterocycles. The Morgan fingerprint density at radius 1 is 1.33 bits per heavy atom. The van der Waals surface area contributed by atoms with Crippen LogP contribution in [0.4, 0.5) is 4.39 Å². The Bertz CT molecular complexity index is 697. The molecule has 2 heterocycles. The number of ether oxygens (including phenoxy) is 1. The standard InChI is InChI=1S/C19H21FN2O2/c1-14-8-9-21-11-18(14)19(23)22(13-17-3-2-10-24-17)12-15-4-6-16(20)7-5-15/h4-9,11,17H,2-3,10,12-13H2,1H3/t17-/m1/s1. The molecule has 0 bridgehead atoms. The second-order valence-electron chi connectivity index (χ2n) is 6.14. The van der Waals surface area contributed by atoms with Crippen molar-refractivity contribution in [2.45, 2.75) is 32.4 Å². The number of carbonyl (C=O) groups is 1. The fourth-order valence-electron chi connectivity index (χ4n) is 2.92. The number of nitrogens with zero attached hydrogens (tertiary/aromatic N) is 2. The van der Waals surface area contributed by atoms with Gasteiger partial charge in [0.15, 0.2) is 0 Å². The number of hydrogen-bond donors (Lipinski definition) is 0. The molecule has 1 amide bonds. The van der Waals surface area contributed by atoms with Crippen LogP contribution in [0.1, 0.15) is 34.3 Å². The van der Waals surface area contributed by atoms with Crippen molar-refractivity contribution in [2.75, 3.05) is 13.2 Å². The van der Waals surface area contributed by atoms with E-state index in [1.54, 1.807) is 29.4 Å². The van der Waals surface area contributed by atoms with Crippen molar-refractivity contribution < 1.29 is 13.9 Å². The predicted molar refractivity (Wildman–Crippen MR) is 89.1 cm³/mol. The molecule has 0 aliphatic carbocycles. The average Bonchev–Trinajstić information content (AvgIpc) is 3.09. The summed E-state index contributed by atoms with van der Waals surface area (Å²) >= 11 is 0. The Hall–Kier alpha value is -2.27. The van der Waals surface area contributed by atoms with Gasteiger partial charge in [-0.15, -0.1) is 0 Å². The molecule has 5 heteroatoms. The van der Waals surface area contributed by atoms with Gasteiger partial charge in [0, 0.05) is 32.1 Å². The van der Waals surface area contributed by atoms with E-state index in [1.807, 2.05) is 13.0 Å². The van der Waals surface area contributed by atoms with Gasteiger partial charge in [0.2, 0.25) is 0 Å². The van der Waals surface area contributed by atoms with Crippen LogP contribution in [0.3, 0.4) is 0 Å². The van der Waals surface area contributed by atoms with E-state index in [1.165, 1.54) is 12.1 Å². The van der Waals surface area contributed by atoms with Gasteiger partial charge in [0.25, 0.3) is 5.91 Å². The molecule has 0 N–H and O–H groups in total. The lowest BCUT2D eigenvalue weighted by atomic mass is 10.1. The van der Waals surface area contributed by atoms with E-state index in [4.69, 9.17) is 4.74 Å². The fraction of sp³-hybridized carbons (Fsp3) is 0.368. The number of hydrogen-bond acceptors (Lipinski definition) is 3. The van der Waals surface area contributed by atoms with E-state index >= 15 is 0 Å². The van der Waals surface area contributed by atoms with Gasteiger partial charge < -0.3 is 9.64 Å².